The molecule has 0 spiro atoms. The smallest absolute Gasteiger partial charge is 0.340 e. The molecule has 19 heavy (non-hydrogen) atoms. The molecule has 0 amide bonds. The Bertz CT molecular complexity index is 629. The predicted molar refractivity (Wildman–Crippen MR) is 75.3 cm³/mol. The van der Waals surface area contributed by atoms with Crippen LogP contribution in [0.25, 0.3) is 10.9 Å². The lowest BCUT2D eigenvalue weighted by molar-refractivity contribution is 0.0527. The molecular weight excluding hydrogens is 242 g/mol. The quantitative estimate of drug-likeness (QED) is 0.517. The van der Waals surface area contributed by atoms with Crippen molar-refractivity contribution < 1.29 is 9.53 Å². The SMILES string of the molecule is CCOC(=O)c1c(CN=CN)n(C)c2ccccc12. The van der Waals surface area contributed by atoms with E-state index in [1.54, 1.807) is 6.92 Å². The molecule has 100 valence electrons. The lowest BCUT2D eigenvalue weighted by Crippen LogP contribution is -2.09. The van der Waals surface area contributed by atoms with Crippen LogP contribution >= 0.6 is 0 Å². The van der Waals surface area contributed by atoms with E-state index in [0.29, 0.717) is 18.7 Å². The zero-order valence-corrected chi connectivity index (χ0v) is 11.1. The highest BCUT2D eigenvalue weighted by Gasteiger charge is 2.21. The van der Waals surface area contributed by atoms with Gasteiger partial charge in [-0.3, -0.25) is 4.99 Å². The molecule has 0 unspecified atom stereocenters. The number of carbonyl (C=O) groups excluding carboxylic acids is 1. The first-order chi connectivity index (χ1) is 9.20. The fourth-order valence-electron chi connectivity index (χ4n) is 2.20. The number of esters is 1. The number of hydrogen-bond acceptors (Lipinski definition) is 3. The van der Waals surface area contributed by atoms with Gasteiger partial charge in [-0.15, -0.1) is 0 Å². The van der Waals surface area contributed by atoms with Gasteiger partial charge in [0.2, 0.25) is 0 Å². The summed E-state index contributed by atoms with van der Waals surface area (Å²) in [6, 6.07) is 7.72. The molecule has 0 saturated heterocycles. The average molecular weight is 259 g/mol. The zero-order chi connectivity index (χ0) is 13.8. The molecule has 2 N–H and O–H groups in total. The van der Waals surface area contributed by atoms with Crippen LogP contribution in [0.5, 0.6) is 0 Å². The largest absolute Gasteiger partial charge is 0.462 e. The third kappa shape index (κ3) is 2.31. The number of rotatable bonds is 4. The molecule has 1 aromatic carbocycles. The minimum atomic E-state index is -0.318. The number of aromatic nitrogens is 1. The summed E-state index contributed by atoms with van der Waals surface area (Å²) in [6.45, 7) is 2.50. The van der Waals surface area contributed by atoms with Crippen LogP contribution in [-0.2, 0) is 18.3 Å². The minimum absolute atomic E-state index is 0.318. The second-order valence-electron chi connectivity index (χ2n) is 4.11. The van der Waals surface area contributed by atoms with Gasteiger partial charge in [-0.25, -0.2) is 4.79 Å². The Morgan fingerprint density at radius 1 is 1.47 bits per heavy atom. The molecule has 0 atom stereocenters. The Labute approximate surface area is 111 Å². The van der Waals surface area contributed by atoms with Gasteiger partial charge in [0, 0.05) is 18.0 Å². The molecule has 0 bridgehead atoms. The maximum atomic E-state index is 12.1. The van der Waals surface area contributed by atoms with Gasteiger partial charge in [0.25, 0.3) is 0 Å². The Balaban J connectivity index is 2.65. The number of nitrogens with zero attached hydrogens (tertiary/aromatic N) is 2. The molecular formula is C14H17N3O2. The summed E-state index contributed by atoms with van der Waals surface area (Å²) in [6.07, 6.45) is 1.24. The lowest BCUT2D eigenvalue weighted by Gasteiger charge is -2.05. The number of carbonyl (C=O) groups is 1. The molecule has 0 aliphatic carbocycles. The summed E-state index contributed by atoms with van der Waals surface area (Å²) in [4.78, 5) is 16.2. The summed E-state index contributed by atoms with van der Waals surface area (Å²) in [5.74, 6) is -0.318. The van der Waals surface area contributed by atoms with E-state index in [9.17, 15) is 4.79 Å². The highest BCUT2D eigenvalue weighted by molar-refractivity contribution is 6.06. The number of benzene rings is 1. The van der Waals surface area contributed by atoms with E-state index in [2.05, 4.69) is 4.99 Å². The molecule has 2 aromatic rings. The van der Waals surface area contributed by atoms with Crippen molar-refractivity contribution >= 4 is 23.2 Å². The molecule has 1 aromatic heterocycles. The highest BCUT2D eigenvalue weighted by atomic mass is 16.5. The third-order valence-corrected chi connectivity index (χ3v) is 3.05. The molecule has 0 saturated carbocycles. The van der Waals surface area contributed by atoms with Crippen LogP contribution < -0.4 is 5.73 Å². The van der Waals surface area contributed by atoms with Crippen LogP contribution in [0.15, 0.2) is 29.3 Å². The molecule has 0 fully saturated rings. The Kier molecular flexibility index (Phi) is 3.85. The van der Waals surface area contributed by atoms with Crippen LogP contribution in [-0.4, -0.2) is 23.5 Å². The van der Waals surface area contributed by atoms with Crippen molar-refractivity contribution in [1.82, 2.24) is 4.57 Å². The predicted octanol–water partition coefficient (Wildman–Crippen LogP) is 1.84. The van der Waals surface area contributed by atoms with E-state index in [0.717, 1.165) is 16.6 Å². The molecule has 5 heteroatoms. The number of aryl methyl sites for hydroxylation is 1. The van der Waals surface area contributed by atoms with Gasteiger partial charge in [-0.1, -0.05) is 18.2 Å². The van der Waals surface area contributed by atoms with Gasteiger partial charge >= 0.3 is 5.97 Å². The van der Waals surface area contributed by atoms with Crippen molar-refractivity contribution in [3.63, 3.8) is 0 Å². The molecule has 2 rings (SSSR count). The summed E-state index contributed by atoms with van der Waals surface area (Å²) in [5.41, 5.74) is 7.65. The number of ether oxygens (including phenoxy) is 1. The first-order valence-corrected chi connectivity index (χ1v) is 6.14. The molecule has 0 radical (unpaired) electrons. The molecule has 5 nitrogen and oxygen atoms in total. The van der Waals surface area contributed by atoms with Gasteiger partial charge in [-0.2, -0.15) is 0 Å². The number of para-hydroxylation sites is 1. The van der Waals surface area contributed by atoms with Gasteiger partial charge < -0.3 is 15.0 Å². The third-order valence-electron chi connectivity index (χ3n) is 3.05. The second-order valence-corrected chi connectivity index (χ2v) is 4.11. The van der Waals surface area contributed by atoms with Crippen molar-refractivity contribution in [2.75, 3.05) is 6.61 Å². The first-order valence-electron chi connectivity index (χ1n) is 6.14. The van der Waals surface area contributed by atoms with Crippen LogP contribution in [0.2, 0.25) is 0 Å². The van der Waals surface area contributed by atoms with E-state index in [1.165, 1.54) is 6.34 Å². The van der Waals surface area contributed by atoms with Crippen molar-refractivity contribution in [3.05, 3.63) is 35.5 Å². The Morgan fingerprint density at radius 3 is 2.89 bits per heavy atom. The maximum absolute atomic E-state index is 12.1. The van der Waals surface area contributed by atoms with E-state index < -0.39 is 0 Å². The van der Waals surface area contributed by atoms with Crippen LogP contribution in [0, 0.1) is 0 Å². The fourth-order valence-corrected chi connectivity index (χ4v) is 2.20. The van der Waals surface area contributed by atoms with Crippen LogP contribution in [0.3, 0.4) is 0 Å². The first kappa shape index (κ1) is 13.1. The van der Waals surface area contributed by atoms with Gasteiger partial charge in [0.15, 0.2) is 0 Å². The Hall–Kier alpha value is -2.30. The summed E-state index contributed by atoms with van der Waals surface area (Å²) in [7, 11) is 1.91. The monoisotopic (exact) mass is 259 g/mol. The fraction of sp³-hybridized carbons (Fsp3) is 0.286. The highest BCUT2D eigenvalue weighted by Crippen LogP contribution is 2.26. The van der Waals surface area contributed by atoms with Crippen molar-refractivity contribution in [3.8, 4) is 0 Å². The number of nitrogens with two attached hydrogens (primary N) is 1. The van der Waals surface area contributed by atoms with Gasteiger partial charge in [0.1, 0.15) is 0 Å². The van der Waals surface area contributed by atoms with E-state index in [4.69, 9.17) is 10.5 Å². The summed E-state index contributed by atoms with van der Waals surface area (Å²) < 4.78 is 7.09. The second kappa shape index (κ2) is 5.56. The number of hydrogen-bond donors (Lipinski definition) is 1. The molecule has 1 heterocycles. The number of aliphatic imine (C=N–C) groups is 1. The standard InChI is InChI=1S/C14H17N3O2/c1-3-19-14(18)13-10-6-4-5-7-11(10)17(2)12(13)8-16-9-15/h4-7,9H,3,8H2,1-2H3,(H2,15,16). The zero-order valence-electron chi connectivity index (χ0n) is 11.1. The van der Waals surface area contributed by atoms with Crippen molar-refractivity contribution in [1.29, 1.82) is 0 Å². The average Bonchev–Trinajstić information content (AvgIpc) is 2.70. The van der Waals surface area contributed by atoms with Crippen LogP contribution in [0.1, 0.15) is 23.0 Å². The topological polar surface area (TPSA) is 69.6 Å². The summed E-state index contributed by atoms with van der Waals surface area (Å²) >= 11 is 0. The lowest BCUT2D eigenvalue weighted by atomic mass is 10.1. The normalized spacial score (nSPS) is 11.3. The van der Waals surface area contributed by atoms with E-state index >= 15 is 0 Å². The molecule has 0 aliphatic rings. The maximum Gasteiger partial charge on any atom is 0.340 e. The van der Waals surface area contributed by atoms with Gasteiger partial charge in [0.05, 0.1) is 30.7 Å². The minimum Gasteiger partial charge on any atom is -0.462 e. The van der Waals surface area contributed by atoms with E-state index in [1.807, 2.05) is 35.9 Å². The van der Waals surface area contributed by atoms with Crippen molar-refractivity contribution in [2.45, 2.75) is 13.5 Å². The van der Waals surface area contributed by atoms with Crippen molar-refractivity contribution in [2.24, 2.45) is 17.8 Å². The van der Waals surface area contributed by atoms with Gasteiger partial charge in [-0.05, 0) is 13.0 Å². The molecule has 0 aliphatic heterocycles. The summed E-state index contributed by atoms with van der Waals surface area (Å²) in [5, 5.41) is 0.880. The number of fused-ring (bicyclic) bond motifs is 1. The van der Waals surface area contributed by atoms with Crippen LogP contribution in [0.4, 0.5) is 0 Å². The Morgan fingerprint density at radius 2 is 2.21 bits per heavy atom. The van der Waals surface area contributed by atoms with E-state index in [-0.39, 0.29) is 5.97 Å².